The first-order valence-corrected chi connectivity index (χ1v) is 8.21. The first-order valence-electron chi connectivity index (χ1n) is 8.21. The molecule has 2 nitrogen and oxygen atoms in total. The van der Waals surface area contributed by atoms with Crippen molar-refractivity contribution >= 4 is 0 Å². The molecule has 0 amide bonds. The molecule has 2 atom stereocenters. The predicted molar refractivity (Wildman–Crippen MR) is 74.3 cm³/mol. The maximum atomic E-state index is 6.67. The van der Waals surface area contributed by atoms with Crippen LogP contribution >= 0.6 is 0 Å². The minimum absolute atomic E-state index is 0.200. The Labute approximate surface area is 111 Å². The summed E-state index contributed by atoms with van der Waals surface area (Å²) >= 11 is 0. The van der Waals surface area contributed by atoms with Crippen LogP contribution in [-0.2, 0) is 0 Å². The van der Waals surface area contributed by atoms with Gasteiger partial charge in [-0.2, -0.15) is 0 Å². The molecule has 18 heavy (non-hydrogen) atoms. The van der Waals surface area contributed by atoms with Crippen LogP contribution in [0.25, 0.3) is 0 Å². The SMILES string of the molecule is NC12CC3CC(C1)CC(NC1CCCCC1)(C3)C2. The first-order chi connectivity index (χ1) is 8.65. The molecule has 0 spiro atoms. The Hall–Kier alpha value is -0.0800. The van der Waals surface area contributed by atoms with E-state index in [1.807, 2.05) is 0 Å². The van der Waals surface area contributed by atoms with Gasteiger partial charge in [0.1, 0.15) is 0 Å². The summed E-state index contributed by atoms with van der Waals surface area (Å²) in [5.41, 5.74) is 7.32. The van der Waals surface area contributed by atoms with Crippen LogP contribution in [0.15, 0.2) is 0 Å². The molecule has 2 unspecified atom stereocenters. The standard InChI is InChI=1S/C16H28N2/c17-15-7-12-6-13(8-15)10-16(9-12,11-15)18-14-4-2-1-3-5-14/h12-14,18H,1-11,17H2. The largest absolute Gasteiger partial charge is 0.325 e. The number of hydrogen-bond donors (Lipinski definition) is 2. The summed E-state index contributed by atoms with van der Waals surface area (Å²) in [6, 6.07) is 0.804. The second kappa shape index (κ2) is 3.96. The van der Waals surface area contributed by atoms with Crippen LogP contribution in [-0.4, -0.2) is 17.1 Å². The Morgan fingerprint density at radius 2 is 1.56 bits per heavy atom. The summed E-state index contributed by atoms with van der Waals surface area (Å²) in [5, 5.41) is 4.11. The lowest BCUT2D eigenvalue weighted by Crippen LogP contribution is -2.68. The normalized spacial score (nSPS) is 51.8. The maximum absolute atomic E-state index is 6.67. The molecule has 0 aliphatic heterocycles. The first kappa shape index (κ1) is 11.7. The minimum Gasteiger partial charge on any atom is -0.325 e. The van der Waals surface area contributed by atoms with E-state index in [4.69, 9.17) is 5.73 Å². The van der Waals surface area contributed by atoms with Gasteiger partial charge in [-0.25, -0.2) is 0 Å². The summed E-state index contributed by atoms with van der Waals surface area (Å²) in [6.45, 7) is 0. The molecule has 0 aromatic heterocycles. The van der Waals surface area contributed by atoms with Gasteiger partial charge in [-0.1, -0.05) is 19.3 Å². The van der Waals surface area contributed by atoms with Gasteiger partial charge in [0.15, 0.2) is 0 Å². The van der Waals surface area contributed by atoms with Crippen molar-refractivity contribution in [2.45, 2.75) is 87.7 Å². The summed E-state index contributed by atoms with van der Waals surface area (Å²) in [5.74, 6) is 1.87. The highest BCUT2D eigenvalue weighted by molar-refractivity contribution is 5.14. The van der Waals surface area contributed by atoms with Gasteiger partial charge in [0, 0.05) is 17.1 Å². The Bertz CT molecular complexity index is 318. The van der Waals surface area contributed by atoms with Crippen LogP contribution in [0.5, 0.6) is 0 Å². The van der Waals surface area contributed by atoms with Crippen LogP contribution in [0.4, 0.5) is 0 Å². The molecular formula is C16H28N2. The maximum Gasteiger partial charge on any atom is 0.0206 e. The smallest absolute Gasteiger partial charge is 0.0206 e. The third-order valence-electron chi connectivity index (χ3n) is 6.22. The fourth-order valence-corrected chi connectivity index (χ4v) is 6.18. The molecule has 5 saturated carbocycles. The lowest BCUT2D eigenvalue weighted by atomic mass is 9.50. The molecule has 0 aromatic rings. The van der Waals surface area contributed by atoms with Gasteiger partial charge in [-0.15, -0.1) is 0 Å². The van der Waals surface area contributed by atoms with E-state index in [2.05, 4.69) is 5.32 Å². The summed E-state index contributed by atoms with van der Waals surface area (Å²) in [6.07, 6.45) is 15.4. The van der Waals surface area contributed by atoms with Crippen molar-refractivity contribution in [1.29, 1.82) is 0 Å². The molecule has 5 aliphatic carbocycles. The Morgan fingerprint density at radius 1 is 0.889 bits per heavy atom. The average molecular weight is 248 g/mol. The summed E-state index contributed by atoms with van der Waals surface area (Å²) in [7, 11) is 0. The second-order valence-corrected chi connectivity index (χ2v) is 8.08. The Kier molecular flexibility index (Phi) is 2.58. The molecule has 2 heteroatoms. The van der Waals surface area contributed by atoms with Crippen molar-refractivity contribution in [3.63, 3.8) is 0 Å². The van der Waals surface area contributed by atoms with E-state index in [0.29, 0.717) is 5.54 Å². The predicted octanol–water partition coefficient (Wildman–Crippen LogP) is 2.96. The van der Waals surface area contributed by atoms with Crippen molar-refractivity contribution < 1.29 is 0 Å². The Morgan fingerprint density at radius 3 is 2.17 bits per heavy atom. The number of rotatable bonds is 2. The van der Waals surface area contributed by atoms with Crippen molar-refractivity contribution in [1.82, 2.24) is 5.32 Å². The van der Waals surface area contributed by atoms with Crippen LogP contribution in [0.2, 0.25) is 0 Å². The molecule has 0 aromatic carbocycles. The van der Waals surface area contributed by atoms with Crippen LogP contribution in [0, 0.1) is 11.8 Å². The summed E-state index contributed by atoms with van der Waals surface area (Å²) < 4.78 is 0. The van der Waals surface area contributed by atoms with Crippen LogP contribution in [0.1, 0.15) is 70.6 Å². The van der Waals surface area contributed by atoms with Gasteiger partial charge >= 0.3 is 0 Å². The van der Waals surface area contributed by atoms with E-state index in [0.717, 1.165) is 17.9 Å². The van der Waals surface area contributed by atoms with E-state index < -0.39 is 0 Å². The highest BCUT2D eigenvalue weighted by Gasteiger charge is 2.56. The van der Waals surface area contributed by atoms with E-state index in [1.165, 1.54) is 70.6 Å². The Balaban J connectivity index is 1.52. The van der Waals surface area contributed by atoms with E-state index in [1.54, 1.807) is 0 Å². The second-order valence-electron chi connectivity index (χ2n) is 8.08. The number of hydrogen-bond acceptors (Lipinski definition) is 2. The van der Waals surface area contributed by atoms with Crippen LogP contribution < -0.4 is 11.1 Å². The van der Waals surface area contributed by atoms with Gasteiger partial charge in [-0.05, 0) is 63.2 Å². The lowest BCUT2D eigenvalue weighted by molar-refractivity contribution is -0.0422. The number of nitrogens with one attached hydrogen (secondary N) is 1. The van der Waals surface area contributed by atoms with Crippen molar-refractivity contribution in [2.24, 2.45) is 17.6 Å². The zero-order valence-electron chi connectivity index (χ0n) is 11.6. The van der Waals surface area contributed by atoms with E-state index in [9.17, 15) is 0 Å². The molecule has 3 N–H and O–H groups in total. The van der Waals surface area contributed by atoms with Gasteiger partial charge < -0.3 is 11.1 Å². The monoisotopic (exact) mass is 248 g/mol. The molecule has 0 radical (unpaired) electrons. The third-order valence-corrected chi connectivity index (χ3v) is 6.22. The fraction of sp³-hybridized carbons (Fsp3) is 1.00. The topological polar surface area (TPSA) is 38.0 Å². The quantitative estimate of drug-likeness (QED) is 0.788. The van der Waals surface area contributed by atoms with Crippen LogP contribution in [0.3, 0.4) is 0 Å². The van der Waals surface area contributed by atoms with E-state index in [-0.39, 0.29) is 5.54 Å². The van der Waals surface area contributed by atoms with Crippen molar-refractivity contribution in [2.75, 3.05) is 0 Å². The lowest BCUT2D eigenvalue weighted by Gasteiger charge is -2.62. The number of nitrogens with two attached hydrogens (primary N) is 1. The van der Waals surface area contributed by atoms with Gasteiger partial charge in [0.05, 0.1) is 0 Å². The third kappa shape index (κ3) is 1.92. The van der Waals surface area contributed by atoms with Crippen molar-refractivity contribution in [3.05, 3.63) is 0 Å². The molecular weight excluding hydrogens is 220 g/mol. The molecule has 0 heterocycles. The molecule has 0 saturated heterocycles. The van der Waals surface area contributed by atoms with Gasteiger partial charge in [0.25, 0.3) is 0 Å². The zero-order valence-corrected chi connectivity index (χ0v) is 11.6. The molecule has 5 fully saturated rings. The average Bonchev–Trinajstić information content (AvgIpc) is 2.25. The van der Waals surface area contributed by atoms with Gasteiger partial charge in [-0.3, -0.25) is 0 Å². The highest BCUT2D eigenvalue weighted by atomic mass is 15.0. The van der Waals surface area contributed by atoms with Crippen molar-refractivity contribution in [3.8, 4) is 0 Å². The molecule has 102 valence electrons. The fourth-order valence-electron chi connectivity index (χ4n) is 6.18. The van der Waals surface area contributed by atoms with E-state index >= 15 is 0 Å². The molecule has 5 aliphatic rings. The molecule has 4 bridgehead atoms. The van der Waals surface area contributed by atoms with Gasteiger partial charge in [0.2, 0.25) is 0 Å². The zero-order chi connectivity index (χ0) is 12.2. The highest BCUT2D eigenvalue weighted by Crippen LogP contribution is 2.56. The summed E-state index contributed by atoms with van der Waals surface area (Å²) in [4.78, 5) is 0. The minimum atomic E-state index is 0.200. The molecule has 5 rings (SSSR count).